The molecule has 2 aliphatic heterocycles. The molecule has 2 aromatic rings. The van der Waals surface area contributed by atoms with Crippen molar-refractivity contribution in [3.05, 3.63) is 47.7 Å². The van der Waals surface area contributed by atoms with Crippen LogP contribution in [0.4, 0.5) is 0 Å². The van der Waals surface area contributed by atoms with Crippen molar-refractivity contribution in [3.63, 3.8) is 0 Å². The van der Waals surface area contributed by atoms with Crippen LogP contribution in [0.3, 0.4) is 0 Å². The van der Waals surface area contributed by atoms with E-state index in [-0.39, 0.29) is 24.1 Å². The molecule has 3 heterocycles. The number of nitriles is 1. The van der Waals surface area contributed by atoms with Gasteiger partial charge in [-0.15, -0.1) is 0 Å². The van der Waals surface area contributed by atoms with Gasteiger partial charge in [0.1, 0.15) is 24.0 Å². The van der Waals surface area contributed by atoms with E-state index in [0.29, 0.717) is 24.3 Å². The smallest absolute Gasteiger partial charge is 0.283 e. The molecular formula is C21H20N4O3. The second-order valence-corrected chi connectivity index (χ2v) is 7.65. The highest BCUT2D eigenvalue weighted by atomic mass is 16.5. The molecule has 1 fully saturated rings. The van der Waals surface area contributed by atoms with Gasteiger partial charge in [0.2, 0.25) is 0 Å². The summed E-state index contributed by atoms with van der Waals surface area (Å²) >= 11 is 0. The van der Waals surface area contributed by atoms with Gasteiger partial charge in [0, 0.05) is 23.2 Å². The predicted molar refractivity (Wildman–Crippen MR) is 101 cm³/mol. The molecule has 1 aromatic heterocycles. The van der Waals surface area contributed by atoms with E-state index in [4.69, 9.17) is 20.2 Å². The van der Waals surface area contributed by atoms with Crippen LogP contribution >= 0.6 is 0 Å². The van der Waals surface area contributed by atoms with E-state index in [2.05, 4.69) is 11.1 Å². The summed E-state index contributed by atoms with van der Waals surface area (Å²) < 4.78 is 11.9. The van der Waals surface area contributed by atoms with E-state index >= 15 is 0 Å². The van der Waals surface area contributed by atoms with Gasteiger partial charge in [-0.25, -0.2) is 4.99 Å². The Morgan fingerprint density at radius 3 is 2.93 bits per heavy atom. The molecule has 4 atom stereocenters. The lowest BCUT2D eigenvalue weighted by Gasteiger charge is -2.47. The monoisotopic (exact) mass is 376 g/mol. The van der Waals surface area contributed by atoms with E-state index in [1.807, 2.05) is 18.2 Å². The lowest BCUT2D eigenvalue weighted by molar-refractivity contribution is -0.0359. The number of amidine groups is 1. The minimum atomic E-state index is -0.674. The first-order chi connectivity index (χ1) is 13.6. The van der Waals surface area contributed by atoms with E-state index in [1.54, 1.807) is 18.3 Å². The van der Waals surface area contributed by atoms with E-state index < -0.39 is 5.54 Å². The summed E-state index contributed by atoms with van der Waals surface area (Å²) in [5, 5.41) is 19.5. The van der Waals surface area contributed by atoms with Crippen molar-refractivity contribution in [2.75, 3.05) is 6.61 Å². The van der Waals surface area contributed by atoms with Gasteiger partial charge in [0.25, 0.3) is 6.02 Å². The Morgan fingerprint density at radius 2 is 2.14 bits per heavy atom. The van der Waals surface area contributed by atoms with Crippen LogP contribution in [0.25, 0.3) is 11.3 Å². The summed E-state index contributed by atoms with van der Waals surface area (Å²) in [5.41, 5.74) is 8.26. The molecule has 0 amide bonds. The van der Waals surface area contributed by atoms with Crippen molar-refractivity contribution in [1.82, 2.24) is 4.98 Å². The van der Waals surface area contributed by atoms with Crippen molar-refractivity contribution < 1.29 is 14.6 Å². The molecular weight excluding hydrogens is 356 g/mol. The summed E-state index contributed by atoms with van der Waals surface area (Å²) in [6, 6.07) is 11.6. The molecule has 4 unspecified atom stereocenters. The number of hydrogen-bond donors (Lipinski definition) is 2. The number of pyridine rings is 1. The summed E-state index contributed by atoms with van der Waals surface area (Å²) in [6.45, 7) is 0.332. The van der Waals surface area contributed by atoms with Crippen molar-refractivity contribution in [3.8, 4) is 23.1 Å². The molecule has 142 valence electrons. The average Bonchev–Trinajstić information content (AvgIpc) is 3.11. The first-order valence-electron chi connectivity index (χ1n) is 9.43. The molecule has 3 aliphatic rings. The third kappa shape index (κ3) is 2.53. The van der Waals surface area contributed by atoms with Crippen LogP contribution in [-0.2, 0) is 10.3 Å². The number of benzene rings is 1. The molecule has 0 radical (unpaired) electrons. The molecule has 7 heteroatoms. The van der Waals surface area contributed by atoms with Gasteiger partial charge in [-0.05, 0) is 49.6 Å². The fourth-order valence-corrected chi connectivity index (χ4v) is 4.69. The first kappa shape index (κ1) is 17.0. The Morgan fingerprint density at radius 1 is 1.25 bits per heavy atom. The van der Waals surface area contributed by atoms with Crippen molar-refractivity contribution in [2.45, 2.75) is 37.0 Å². The number of nitrogens with two attached hydrogens (primary N) is 1. The van der Waals surface area contributed by atoms with Crippen LogP contribution in [0.1, 0.15) is 30.4 Å². The predicted octanol–water partition coefficient (Wildman–Crippen LogP) is 2.08. The number of aliphatic imine (C=N–C) groups is 1. The quantitative estimate of drug-likeness (QED) is 0.788. The number of ether oxygens (including phenoxy) is 2. The number of aliphatic hydroxyl groups excluding tert-OH is 1. The number of aliphatic hydroxyl groups is 1. The maximum Gasteiger partial charge on any atom is 0.283 e. The van der Waals surface area contributed by atoms with E-state index in [1.165, 1.54) is 0 Å². The van der Waals surface area contributed by atoms with Gasteiger partial charge < -0.3 is 20.3 Å². The molecule has 1 saturated carbocycles. The number of aromatic nitrogens is 1. The summed E-state index contributed by atoms with van der Waals surface area (Å²) in [4.78, 5) is 9.12. The Balaban J connectivity index is 1.66. The minimum absolute atomic E-state index is 0.0153. The zero-order chi connectivity index (χ0) is 19.3. The normalized spacial score (nSPS) is 30.4. The van der Waals surface area contributed by atoms with Crippen molar-refractivity contribution in [1.29, 1.82) is 5.26 Å². The third-order valence-electron chi connectivity index (χ3n) is 6.03. The SMILES string of the molecule is N#Cc1ccnc(-c2ccc3c(c2)C2(COC(N)=N2)C2CC(O)CCC2O3)c1. The second-order valence-electron chi connectivity index (χ2n) is 7.65. The Labute approximate surface area is 162 Å². The molecule has 7 nitrogen and oxygen atoms in total. The molecule has 0 bridgehead atoms. The zero-order valence-electron chi connectivity index (χ0n) is 15.2. The number of hydrogen-bond acceptors (Lipinski definition) is 7. The topological polar surface area (TPSA) is 114 Å². The van der Waals surface area contributed by atoms with E-state index in [9.17, 15) is 10.4 Å². The summed E-state index contributed by atoms with van der Waals surface area (Å²) in [7, 11) is 0. The number of fused-ring (bicyclic) bond motifs is 4. The van der Waals surface area contributed by atoms with Crippen LogP contribution in [0.2, 0.25) is 0 Å². The van der Waals surface area contributed by atoms with Gasteiger partial charge in [0.15, 0.2) is 0 Å². The fraction of sp³-hybridized carbons (Fsp3) is 0.381. The zero-order valence-corrected chi connectivity index (χ0v) is 15.2. The van der Waals surface area contributed by atoms with Crippen LogP contribution in [-0.4, -0.2) is 34.9 Å². The van der Waals surface area contributed by atoms with Crippen LogP contribution in [0, 0.1) is 17.2 Å². The van der Waals surface area contributed by atoms with Crippen LogP contribution in [0.5, 0.6) is 5.75 Å². The highest BCUT2D eigenvalue weighted by Crippen LogP contribution is 2.52. The Kier molecular flexibility index (Phi) is 3.78. The number of rotatable bonds is 1. The lowest BCUT2D eigenvalue weighted by Crippen LogP contribution is -2.51. The van der Waals surface area contributed by atoms with Gasteiger partial charge in [0.05, 0.1) is 23.4 Å². The van der Waals surface area contributed by atoms with Gasteiger partial charge in [-0.2, -0.15) is 5.26 Å². The minimum Gasteiger partial charge on any atom is -0.490 e. The molecule has 0 saturated heterocycles. The molecule has 3 N–H and O–H groups in total. The molecule has 1 spiro atoms. The highest BCUT2D eigenvalue weighted by Gasteiger charge is 2.55. The second kappa shape index (κ2) is 6.21. The summed E-state index contributed by atoms with van der Waals surface area (Å²) in [6.07, 6.45) is 3.31. The van der Waals surface area contributed by atoms with Gasteiger partial charge in [-0.3, -0.25) is 4.98 Å². The largest absolute Gasteiger partial charge is 0.490 e. The Bertz CT molecular complexity index is 1010. The van der Waals surface area contributed by atoms with Crippen molar-refractivity contribution >= 4 is 6.02 Å². The first-order valence-corrected chi connectivity index (χ1v) is 9.43. The van der Waals surface area contributed by atoms with Crippen molar-refractivity contribution in [2.24, 2.45) is 16.6 Å². The molecule has 1 aromatic carbocycles. The van der Waals surface area contributed by atoms with E-state index in [0.717, 1.165) is 29.7 Å². The summed E-state index contributed by atoms with van der Waals surface area (Å²) in [5.74, 6) is 0.748. The van der Waals surface area contributed by atoms with Gasteiger partial charge in [-0.1, -0.05) is 0 Å². The maximum atomic E-state index is 10.3. The van der Waals surface area contributed by atoms with Crippen LogP contribution in [0.15, 0.2) is 41.5 Å². The Hall–Kier alpha value is -3.11. The highest BCUT2D eigenvalue weighted by molar-refractivity contribution is 5.75. The van der Waals surface area contributed by atoms with Gasteiger partial charge >= 0.3 is 0 Å². The lowest BCUT2D eigenvalue weighted by atomic mass is 9.67. The number of nitrogens with zero attached hydrogens (tertiary/aromatic N) is 3. The molecule has 5 rings (SSSR count). The van der Waals surface area contributed by atoms with Crippen LogP contribution < -0.4 is 10.5 Å². The fourth-order valence-electron chi connectivity index (χ4n) is 4.69. The molecule has 1 aliphatic carbocycles. The maximum absolute atomic E-state index is 10.3. The standard InChI is InChI=1S/C21H20N4O3/c22-10-12-5-6-24-17(7-12)13-1-3-18-15(8-13)21(11-27-20(23)25-21)16-9-14(26)2-4-19(16)28-18/h1,3,5-8,14,16,19,26H,2,4,9,11H2,(H2,23,25). The molecule has 28 heavy (non-hydrogen) atoms. The average molecular weight is 376 g/mol. The third-order valence-corrected chi connectivity index (χ3v) is 6.03.